The molecule has 0 unspecified atom stereocenters. The van der Waals surface area contributed by atoms with Gasteiger partial charge in [0.2, 0.25) is 0 Å². The SMILES string of the molecule is OC1(c2ccccc2C#Cc2ccccc2)c2ccccc2-c2ccccc21. The van der Waals surface area contributed by atoms with E-state index in [0.29, 0.717) is 0 Å². The minimum atomic E-state index is -1.21. The smallest absolute Gasteiger partial charge is 0.142 e. The molecule has 1 nitrogen and oxygen atoms in total. The highest BCUT2D eigenvalue weighted by molar-refractivity contribution is 5.82. The van der Waals surface area contributed by atoms with Crippen molar-refractivity contribution >= 4 is 0 Å². The summed E-state index contributed by atoms with van der Waals surface area (Å²) in [6, 6.07) is 34.0. The largest absolute Gasteiger partial charge is 0.376 e. The van der Waals surface area contributed by atoms with Crippen molar-refractivity contribution in [1.29, 1.82) is 0 Å². The lowest BCUT2D eigenvalue weighted by atomic mass is 9.82. The molecule has 132 valence electrons. The Bertz CT molecular complexity index is 1180. The van der Waals surface area contributed by atoms with Crippen LogP contribution in [-0.4, -0.2) is 5.11 Å². The molecular weight excluding hydrogens is 340 g/mol. The third-order valence-electron chi connectivity index (χ3n) is 5.36. The summed E-state index contributed by atoms with van der Waals surface area (Å²) in [5, 5.41) is 12.1. The lowest BCUT2D eigenvalue weighted by Gasteiger charge is -2.27. The summed E-state index contributed by atoms with van der Waals surface area (Å²) in [7, 11) is 0. The van der Waals surface area contributed by atoms with Gasteiger partial charge in [0.1, 0.15) is 5.60 Å². The first-order valence-corrected chi connectivity index (χ1v) is 9.37. The van der Waals surface area contributed by atoms with E-state index in [-0.39, 0.29) is 0 Å². The number of aliphatic hydroxyl groups is 1. The molecule has 0 fully saturated rings. The maximum absolute atomic E-state index is 12.1. The van der Waals surface area contributed by atoms with Crippen LogP contribution in [0.25, 0.3) is 11.1 Å². The Labute approximate surface area is 164 Å². The molecule has 0 atom stereocenters. The molecule has 1 aliphatic rings. The van der Waals surface area contributed by atoms with Crippen molar-refractivity contribution in [2.24, 2.45) is 0 Å². The molecule has 0 bridgehead atoms. The van der Waals surface area contributed by atoms with E-state index in [1.807, 2.05) is 91.0 Å². The van der Waals surface area contributed by atoms with E-state index in [0.717, 1.165) is 38.9 Å². The van der Waals surface area contributed by atoms with Crippen LogP contribution in [0.3, 0.4) is 0 Å². The van der Waals surface area contributed by atoms with Crippen LogP contribution < -0.4 is 0 Å². The second-order valence-corrected chi connectivity index (χ2v) is 6.96. The van der Waals surface area contributed by atoms with Gasteiger partial charge in [0.15, 0.2) is 0 Å². The van der Waals surface area contributed by atoms with E-state index in [1.54, 1.807) is 0 Å². The van der Waals surface area contributed by atoms with E-state index in [4.69, 9.17) is 0 Å². The zero-order valence-corrected chi connectivity index (χ0v) is 15.3. The van der Waals surface area contributed by atoms with Crippen molar-refractivity contribution in [3.05, 3.63) is 131 Å². The molecular formula is C27H18O. The molecule has 0 heterocycles. The predicted molar refractivity (Wildman–Crippen MR) is 113 cm³/mol. The molecule has 0 aromatic heterocycles. The number of hydrogen-bond donors (Lipinski definition) is 1. The van der Waals surface area contributed by atoms with Gasteiger partial charge in [-0.1, -0.05) is 96.8 Å². The highest BCUT2D eigenvalue weighted by atomic mass is 16.3. The van der Waals surface area contributed by atoms with Gasteiger partial charge in [-0.25, -0.2) is 0 Å². The summed E-state index contributed by atoms with van der Waals surface area (Å²) < 4.78 is 0. The van der Waals surface area contributed by atoms with E-state index in [9.17, 15) is 5.11 Å². The van der Waals surface area contributed by atoms with Gasteiger partial charge in [0.25, 0.3) is 0 Å². The number of fused-ring (bicyclic) bond motifs is 3. The Kier molecular flexibility index (Phi) is 3.86. The van der Waals surface area contributed by atoms with Crippen LogP contribution in [0, 0.1) is 11.8 Å². The normalized spacial score (nSPS) is 13.2. The zero-order chi connectivity index (χ0) is 19.0. The quantitative estimate of drug-likeness (QED) is 0.455. The number of rotatable bonds is 1. The van der Waals surface area contributed by atoms with Crippen LogP contribution in [0.15, 0.2) is 103 Å². The van der Waals surface area contributed by atoms with Gasteiger partial charge >= 0.3 is 0 Å². The fourth-order valence-corrected chi connectivity index (χ4v) is 4.07. The summed E-state index contributed by atoms with van der Waals surface area (Å²) in [6.45, 7) is 0. The molecule has 5 rings (SSSR count). The Balaban J connectivity index is 1.74. The number of benzene rings is 4. The monoisotopic (exact) mass is 358 g/mol. The second kappa shape index (κ2) is 6.53. The summed E-state index contributed by atoms with van der Waals surface area (Å²) in [4.78, 5) is 0. The average Bonchev–Trinajstić information content (AvgIpc) is 3.03. The first-order valence-electron chi connectivity index (χ1n) is 9.37. The van der Waals surface area contributed by atoms with Crippen molar-refractivity contribution in [3.8, 4) is 23.0 Å². The average molecular weight is 358 g/mol. The summed E-state index contributed by atoms with van der Waals surface area (Å²) in [5.74, 6) is 6.51. The van der Waals surface area contributed by atoms with Gasteiger partial charge < -0.3 is 5.11 Å². The molecule has 0 aliphatic heterocycles. The fourth-order valence-electron chi connectivity index (χ4n) is 4.07. The minimum Gasteiger partial charge on any atom is -0.376 e. The lowest BCUT2D eigenvalue weighted by molar-refractivity contribution is 0.130. The maximum Gasteiger partial charge on any atom is 0.142 e. The van der Waals surface area contributed by atoms with Crippen LogP contribution in [-0.2, 0) is 5.60 Å². The van der Waals surface area contributed by atoms with Crippen molar-refractivity contribution in [2.45, 2.75) is 5.60 Å². The van der Waals surface area contributed by atoms with Gasteiger partial charge in [-0.3, -0.25) is 0 Å². The van der Waals surface area contributed by atoms with Crippen molar-refractivity contribution < 1.29 is 5.11 Å². The Hall–Kier alpha value is -3.60. The Morgan fingerprint density at radius 1 is 0.500 bits per heavy atom. The lowest BCUT2D eigenvalue weighted by Crippen LogP contribution is -2.27. The van der Waals surface area contributed by atoms with Gasteiger partial charge in [-0.2, -0.15) is 0 Å². The van der Waals surface area contributed by atoms with Crippen LogP contribution in [0.2, 0.25) is 0 Å². The van der Waals surface area contributed by atoms with E-state index in [1.165, 1.54) is 0 Å². The Morgan fingerprint density at radius 2 is 1.00 bits per heavy atom. The maximum atomic E-state index is 12.1. The molecule has 4 aromatic rings. The third kappa shape index (κ3) is 2.47. The van der Waals surface area contributed by atoms with Crippen LogP contribution >= 0.6 is 0 Å². The highest BCUT2D eigenvalue weighted by Crippen LogP contribution is 2.51. The molecule has 1 heteroatoms. The fraction of sp³-hybridized carbons (Fsp3) is 0.0370. The molecule has 28 heavy (non-hydrogen) atoms. The summed E-state index contributed by atoms with van der Waals surface area (Å²) in [6.07, 6.45) is 0. The van der Waals surface area contributed by atoms with E-state index >= 15 is 0 Å². The Morgan fingerprint density at radius 3 is 1.64 bits per heavy atom. The summed E-state index contributed by atoms with van der Waals surface area (Å²) >= 11 is 0. The topological polar surface area (TPSA) is 20.2 Å². The van der Waals surface area contributed by atoms with Gasteiger partial charge in [0.05, 0.1) is 0 Å². The summed E-state index contributed by atoms with van der Waals surface area (Å²) in [5.41, 5.74) is 5.36. The molecule has 1 N–H and O–H groups in total. The first-order chi connectivity index (χ1) is 13.8. The van der Waals surface area contributed by atoms with Crippen LogP contribution in [0.1, 0.15) is 27.8 Å². The van der Waals surface area contributed by atoms with Crippen molar-refractivity contribution in [1.82, 2.24) is 0 Å². The zero-order valence-electron chi connectivity index (χ0n) is 15.3. The second-order valence-electron chi connectivity index (χ2n) is 6.96. The van der Waals surface area contributed by atoms with Gasteiger partial charge in [-0.15, -0.1) is 0 Å². The van der Waals surface area contributed by atoms with Crippen molar-refractivity contribution in [2.75, 3.05) is 0 Å². The van der Waals surface area contributed by atoms with Crippen LogP contribution in [0.4, 0.5) is 0 Å². The molecule has 0 spiro atoms. The molecule has 4 aromatic carbocycles. The first kappa shape index (κ1) is 16.6. The predicted octanol–water partition coefficient (Wildman–Crippen LogP) is 5.35. The van der Waals surface area contributed by atoms with Gasteiger partial charge in [0, 0.05) is 27.8 Å². The minimum absolute atomic E-state index is 0.816. The standard InChI is InChI=1S/C27H18O/c28-27(25-16-8-5-13-22(25)23-14-6-9-17-26(23)27)24-15-7-4-12-21(24)19-18-20-10-2-1-3-11-20/h1-17,28H. The highest BCUT2D eigenvalue weighted by Gasteiger charge is 2.43. The van der Waals surface area contributed by atoms with E-state index in [2.05, 4.69) is 24.0 Å². The molecule has 0 saturated heterocycles. The van der Waals surface area contributed by atoms with Crippen LogP contribution in [0.5, 0.6) is 0 Å². The number of hydrogen-bond acceptors (Lipinski definition) is 1. The molecule has 0 radical (unpaired) electrons. The van der Waals surface area contributed by atoms with Gasteiger partial charge in [-0.05, 0) is 29.3 Å². The van der Waals surface area contributed by atoms with Crippen molar-refractivity contribution in [3.63, 3.8) is 0 Å². The molecule has 1 aliphatic carbocycles. The van der Waals surface area contributed by atoms with E-state index < -0.39 is 5.60 Å². The molecule has 0 amide bonds. The third-order valence-corrected chi connectivity index (χ3v) is 5.36. The molecule has 0 saturated carbocycles.